The number of halogens is 3. The summed E-state index contributed by atoms with van der Waals surface area (Å²) in [6, 6.07) is 8.55. The van der Waals surface area contributed by atoms with E-state index in [1.807, 2.05) is 12.1 Å². The van der Waals surface area contributed by atoms with Crippen LogP contribution < -0.4 is 0 Å². The van der Waals surface area contributed by atoms with Gasteiger partial charge in [0.15, 0.2) is 11.6 Å². The molecular weight excluding hydrogens is 357 g/mol. The van der Waals surface area contributed by atoms with E-state index in [0.717, 1.165) is 48.8 Å². The van der Waals surface area contributed by atoms with Crippen LogP contribution in [-0.4, -0.2) is 0 Å². The van der Waals surface area contributed by atoms with Gasteiger partial charge in [0.25, 0.3) is 0 Å². The lowest BCUT2D eigenvalue weighted by molar-refractivity contribution is 0.403. The van der Waals surface area contributed by atoms with Crippen LogP contribution in [-0.2, 0) is 25.7 Å². The molecule has 2 aromatic rings. The zero-order valence-corrected chi connectivity index (χ0v) is 16.9. The van der Waals surface area contributed by atoms with E-state index in [1.165, 1.54) is 31.7 Å². The van der Waals surface area contributed by atoms with Crippen LogP contribution in [0.1, 0.15) is 74.1 Å². The molecule has 1 aliphatic carbocycles. The van der Waals surface area contributed by atoms with Crippen molar-refractivity contribution in [3.8, 4) is 0 Å². The molecule has 0 heterocycles. The molecule has 0 radical (unpaired) electrons. The van der Waals surface area contributed by atoms with Gasteiger partial charge >= 0.3 is 0 Å². The van der Waals surface area contributed by atoms with E-state index in [0.29, 0.717) is 18.4 Å². The Kier molecular flexibility index (Phi) is 7.58. The van der Waals surface area contributed by atoms with Gasteiger partial charge in [0.1, 0.15) is 5.82 Å². The van der Waals surface area contributed by atoms with E-state index in [2.05, 4.69) is 6.92 Å². The van der Waals surface area contributed by atoms with Gasteiger partial charge in [-0.05, 0) is 85.3 Å². The summed E-state index contributed by atoms with van der Waals surface area (Å²) in [5, 5.41) is 0. The summed E-state index contributed by atoms with van der Waals surface area (Å²) < 4.78 is 42.0. The third-order valence-corrected chi connectivity index (χ3v) is 6.12. The molecule has 1 atom stereocenters. The molecule has 0 fully saturated rings. The number of unbranched alkanes of at least 4 members (excludes halogenated alkanes) is 4. The Morgan fingerprint density at radius 3 is 2.50 bits per heavy atom. The van der Waals surface area contributed by atoms with Crippen LogP contribution >= 0.6 is 0 Å². The second-order valence-electron chi connectivity index (χ2n) is 8.24. The molecule has 0 saturated heterocycles. The number of hydrogen-bond acceptors (Lipinski definition) is 0. The highest BCUT2D eigenvalue weighted by Crippen LogP contribution is 2.31. The van der Waals surface area contributed by atoms with E-state index in [-0.39, 0.29) is 11.7 Å². The summed E-state index contributed by atoms with van der Waals surface area (Å²) >= 11 is 0. The lowest BCUT2D eigenvalue weighted by Crippen LogP contribution is -2.17. The Hall–Kier alpha value is -1.77. The van der Waals surface area contributed by atoms with E-state index in [9.17, 15) is 13.2 Å². The molecule has 0 amide bonds. The van der Waals surface area contributed by atoms with Crippen LogP contribution in [0.2, 0.25) is 0 Å². The third kappa shape index (κ3) is 5.40. The zero-order chi connectivity index (χ0) is 19.9. The summed E-state index contributed by atoms with van der Waals surface area (Å²) in [4.78, 5) is 0. The first-order valence-corrected chi connectivity index (χ1v) is 10.8. The summed E-state index contributed by atoms with van der Waals surface area (Å²) in [5.41, 5.74) is 3.25. The van der Waals surface area contributed by atoms with E-state index >= 15 is 0 Å². The molecule has 0 N–H and O–H groups in total. The fourth-order valence-corrected chi connectivity index (χ4v) is 4.33. The Morgan fingerprint density at radius 1 is 0.893 bits per heavy atom. The van der Waals surface area contributed by atoms with Crippen molar-refractivity contribution in [2.75, 3.05) is 0 Å². The summed E-state index contributed by atoms with van der Waals surface area (Å²) in [6.45, 7) is 2.20. The highest BCUT2D eigenvalue weighted by atomic mass is 19.2. The van der Waals surface area contributed by atoms with Gasteiger partial charge in [-0.25, -0.2) is 13.2 Å². The van der Waals surface area contributed by atoms with Crippen molar-refractivity contribution in [2.45, 2.75) is 77.6 Å². The monoisotopic (exact) mass is 388 g/mol. The summed E-state index contributed by atoms with van der Waals surface area (Å²) in [6.07, 6.45) is 10.8. The van der Waals surface area contributed by atoms with Crippen LogP contribution in [0.4, 0.5) is 13.2 Å². The number of fused-ring (bicyclic) bond motifs is 1. The van der Waals surface area contributed by atoms with Gasteiger partial charge < -0.3 is 0 Å². The highest BCUT2D eigenvalue weighted by molar-refractivity contribution is 5.32. The van der Waals surface area contributed by atoms with Gasteiger partial charge in [-0.15, -0.1) is 0 Å². The Balaban J connectivity index is 1.51. The first-order chi connectivity index (χ1) is 13.6. The lowest BCUT2D eigenvalue weighted by Gasteiger charge is -2.25. The topological polar surface area (TPSA) is 0 Å². The van der Waals surface area contributed by atoms with Gasteiger partial charge in [0.05, 0.1) is 0 Å². The van der Waals surface area contributed by atoms with Crippen LogP contribution in [0, 0.1) is 23.4 Å². The molecule has 3 rings (SSSR count). The van der Waals surface area contributed by atoms with Gasteiger partial charge in [0.2, 0.25) is 0 Å². The van der Waals surface area contributed by atoms with Gasteiger partial charge in [0, 0.05) is 0 Å². The lowest BCUT2D eigenvalue weighted by atomic mass is 9.80. The molecule has 0 spiro atoms. The van der Waals surface area contributed by atoms with Crippen molar-refractivity contribution in [3.63, 3.8) is 0 Å². The first-order valence-electron chi connectivity index (χ1n) is 10.8. The van der Waals surface area contributed by atoms with Crippen molar-refractivity contribution in [2.24, 2.45) is 5.92 Å². The highest BCUT2D eigenvalue weighted by Gasteiger charge is 2.23. The predicted molar refractivity (Wildman–Crippen MR) is 109 cm³/mol. The first kappa shape index (κ1) is 21.0. The fourth-order valence-electron chi connectivity index (χ4n) is 4.33. The molecule has 0 aliphatic heterocycles. The Morgan fingerprint density at radius 2 is 1.71 bits per heavy atom. The molecule has 1 unspecified atom stereocenters. The molecule has 1 aliphatic rings. The van der Waals surface area contributed by atoms with E-state index in [1.54, 1.807) is 12.1 Å². The second kappa shape index (κ2) is 10.1. The number of rotatable bonds is 9. The quantitative estimate of drug-likeness (QED) is 0.394. The average molecular weight is 389 g/mol. The standard InChI is InChI=1S/C25H31F3/c1-2-3-4-5-6-7-18-9-12-21(24(27)17-18)13-10-19-8-11-20-14-15-23(26)25(28)22(20)16-19/h9,12,14-15,17,19H,2-8,10-11,13,16H2,1H3. The molecule has 0 nitrogen and oxygen atoms in total. The fraction of sp³-hybridized carbons (Fsp3) is 0.520. The molecule has 0 saturated carbocycles. The second-order valence-corrected chi connectivity index (χ2v) is 8.24. The Labute approximate surface area is 167 Å². The van der Waals surface area contributed by atoms with E-state index < -0.39 is 11.6 Å². The van der Waals surface area contributed by atoms with Gasteiger partial charge in [-0.3, -0.25) is 0 Å². The summed E-state index contributed by atoms with van der Waals surface area (Å²) in [5.74, 6) is -1.31. The van der Waals surface area contributed by atoms with Crippen molar-refractivity contribution in [1.29, 1.82) is 0 Å². The minimum absolute atomic E-state index is 0.125. The van der Waals surface area contributed by atoms with Gasteiger partial charge in [-0.1, -0.05) is 50.8 Å². The average Bonchev–Trinajstić information content (AvgIpc) is 2.70. The van der Waals surface area contributed by atoms with Crippen LogP contribution in [0.25, 0.3) is 0 Å². The third-order valence-electron chi connectivity index (χ3n) is 6.12. The number of aryl methyl sites for hydroxylation is 3. The van der Waals surface area contributed by atoms with Gasteiger partial charge in [-0.2, -0.15) is 0 Å². The van der Waals surface area contributed by atoms with Crippen molar-refractivity contribution in [3.05, 3.63) is 70.0 Å². The van der Waals surface area contributed by atoms with Crippen molar-refractivity contribution >= 4 is 0 Å². The van der Waals surface area contributed by atoms with Crippen LogP contribution in [0.3, 0.4) is 0 Å². The Bertz CT molecular complexity index is 782. The molecule has 0 aromatic heterocycles. The van der Waals surface area contributed by atoms with Crippen LogP contribution in [0.5, 0.6) is 0 Å². The smallest absolute Gasteiger partial charge is 0.162 e. The number of hydrogen-bond donors (Lipinski definition) is 0. The molecule has 3 heteroatoms. The molecular formula is C25H31F3. The maximum Gasteiger partial charge on any atom is 0.162 e. The number of benzene rings is 2. The van der Waals surface area contributed by atoms with Crippen molar-refractivity contribution in [1.82, 2.24) is 0 Å². The molecule has 2 aromatic carbocycles. The summed E-state index contributed by atoms with van der Waals surface area (Å²) in [7, 11) is 0. The minimum Gasteiger partial charge on any atom is -0.207 e. The normalized spacial score (nSPS) is 16.2. The predicted octanol–water partition coefficient (Wildman–Crippen LogP) is 7.35. The minimum atomic E-state index is -0.768. The maximum absolute atomic E-state index is 14.5. The molecule has 152 valence electrons. The maximum atomic E-state index is 14.5. The van der Waals surface area contributed by atoms with Crippen LogP contribution in [0.15, 0.2) is 30.3 Å². The SMILES string of the molecule is CCCCCCCc1ccc(CCC2CCc3ccc(F)c(F)c3C2)c(F)c1. The van der Waals surface area contributed by atoms with Crippen molar-refractivity contribution < 1.29 is 13.2 Å². The van der Waals surface area contributed by atoms with E-state index in [4.69, 9.17) is 0 Å². The largest absolute Gasteiger partial charge is 0.207 e. The molecule has 28 heavy (non-hydrogen) atoms. The molecule has 0 bridgehead atoms. The zero-order valence-electron chi connectivity index (χ0n) is 16.9.